The van der Waals surface area contributed by atoms with E-state index in [-0.39, 0.29) is 5.56 Å². The number of aromatic nitrogens is 1. The molecule has 3 aromatic rings. The second kappa shape index (κ2) is 6.60. The number of aromatic carboxylic acids is 1. The molecule has 126 valence electrons. The minimum atomic E-state index is -1.22. The topological polar surface area (TPSA) is 91.3 Å². The van der Waals surface area contributed by atoms with Gasteiger partial charge in [0.25, 0.3) is 0 Å². The maximum atomic E-state index is 11.8. The van der Waals surface area contributed by atoms with Crippen molar-refractivity contribution >= 4 is 34.2 Å². The predicted molar refractivity (Wildman–Crippen MR) is 91.9 cm³/mol. The first-order valence-electron chi connectivity index (χ1n) is 7.56. The molecule has 6 nitrogen and oxygen atoms in total. The number of esters is 1. The molecule has 1 heterocycles. The van der Waals surface area contributed by atoms with Crippen molar-refractivity contribution in [1.29, 1.82) is 0 Å². The fraction of sp³-hybridized carbons (Fsp3) is 0.105. The number of nitrogens with zero attached hydrogens (tertiary/aromatic N) is 1. The Labute approximate surface area is 144 Å². The number of fused-ring (bicyclic) bond motifs is 1. The largest absolute Gasteiger partial charge is 0.545 e. The van der Waals surface area contributed by atoms with Crippen LogP contribution in [0, 0.1) is 6.92 Å². The zero-order valence-electron chi connectivity index (χ0n) is 13.7. The van der Waals surface area contributed by atoms with Crippen LogP contribution in [0.2, 0.25) is 0 Å². The summed E-state index contributed by atoms with van der Waals surface area (Å²) in [5.74, 6) is -1.65. The molecule has 0 aliphatic carbocycles. The van der Waals surface area contributed by atoms with Gasteiger partial charge in [-0.25, -0.2) is 4.79 Å². The highest BCUT2D eigenvalue weighted by atomic mass is 16.5. The third-order valence-corrected chi connectivity index (χ3v) is 3.76. The van der Waals surface area contributed by atoms with Crippen LogP contribution in [0.15, 0.2) is 48.5 Å². The van der Waals surface area contributed by atoms with Gasteiger partial charge in [-0.05, 0) is 48.9 Å². The molecule has 1 N–H and O–H groups in total. The smallest absolute Gasteiger partial charge is 0.337 e. The van der Waals surface area contributed by atoms with Gasteiger partial charge in [-0.15, -0.1) is 0 Å². The number of carboxylic acids is 1. The van der Waals surface area contributed by atoms with Gasteiger partial charge < -0.3 is 20.0 Å². The van der Waals surface area contributed by atoms with Gasteiger partial charge in [0, 0.05) is 22.5 Å². The van der Waals surface area contributed by atoms with Crippen LogP contribution in [0.3, 0.4) is 0 Å². The lowest BCUT2D eigenvalue weighted by atomic mass is 10.1. The van der Waals surface area contributed by atoms with E-state index in [1.165, 1.54) is 19.2 Å². The lowest BCUT2D eigenvalue weighted by molar-refractivity contribution is -0.255. The highest BCUT2D eigenvalue weighted by Crippen LogP contribution is 2.27. The average Bonchev–Trinajstić information content (AvgIpc) is 2.61. The summed E-state index contributed by atoms with van der Waals surface area (Å²) >= 11 is 0. The van der Waals surface area contributed by atoms with Gasteiger partial charge >= 0.3 is 5.97 Å². The Kier molecular flexibility index (Phi) is 4.35. The molecular formula is C19H15N2O4-. The molecule has 0 saturated heterocycles. The third-order valence-electron chi connectivity index (χ3n) is 3.76. The first kappa shape index (κ1) is 16.4. The van der Waals surface area contributed by atoms with E-state index in [1.807, 2.05) is 13.0 Å². The molecule has 0 saturated carbocycles. The predicted octanol–water partition coefficient (Wildman–Crippen LogP) is 2.44. The van der Waals surface area contributed by atoms with Gasteiger partial charge in [-0.2, -0.15) is 0 Å². The second-order valence-electron chi connectivity index (χ2n) is 5.52. The number of hydrogen-bond donors (Lipinski definition) is 1. The SMILES string of the molecule is COC(=O)c1ccc2nc(C)cc(Nc3ccc(C(=O)[O-])cc3)c2c1. The van der Waals surface area contributed by atoms with Gasteiger partial charge in [-0.3, -0.25) is 4.98 Å². The molecule has 0 amide bonds. The van der Waals surface area contributed by atoms with E-state index in [0.29, 0.717) is 11.3 Å². The molecule has 0 bridgehead atoms. The number of ether oxygens (including phenoxy) is 1. The Balaban J connectivity index is 2.04. The molecule has 0 aliphatic heterocycles. The summed E-state index contributed by atoms with van der Waals surface area (Å²) in [6.45, 7) is 1.87. The molecule has 0 aliphatic rings. The Morgan fingerprint density at radius 1 is 1.04 bits per heavy atom. The van der Waals surface area contributed by atoms with E-state index in [2.05, 4.69) is 10.3 Å². The summed E-state index contributed by atoms with van der Waals surface area (Å²) < 4.78 is 4.76. The fourth-order valence-electron chi connectivity index (χ4n) is 2.55. The first-order chi connectivity index (χ1) is 12.0. The molecule has 6 heteroatoms. The molecule has 0 radical (unpaired) electrons. The highest BCUT2D eigenvalue weighted by molar-refractivity contribution is 5.99. The molecule has 0 spiro atoms. The van der Waals surface area contributed by atoms with Gasteiger partial charge in [-0.1, -0.05) is 12.1 Å². The number of hydrogen-bond acceptors (Lipinski definition) is 6. The molecular weight excluding hydrogens is 320 g/mol. The average molecular weight is 335 g/mol. The summed E-state index contributed by atoms with van der Waals surface area (Å²) in [7, 11) is 1.33. The zero-order chi connectivity index (χ0) is 18.0. The van der Waals surface area contributed by atoms with Crippen molar-refractivity contribution in [2.45, 2.75) is 6.92 Å². The van der Waals surface area contributed by atoms with Crippen LogP contribution in [0.5, 0.6) is 0 Å². The standard InChI is InChI=1S/C19H16N2O4/c1-11-9-17(21-14-6-3-12(4-7-14)18(22)23)15-10-13(19(24)25-2)5-8-16(15)20-11/h3-10H,1-2H3,(H,20,21)(H,22,23)/p-1. The van der Waals surface area contributed by atoms with Gasteiger partial charge in [0.05, 0.1) is 24.2 Å². The van der Waals surface area contributed by atoms with Crippen molar-refractivity contribution in [1.82, 2.24) is 4.98 Å². The number of carboxylic acid groups (broad SMARTS) is 1. The second-order valence-corrected chi connectivity index (χ2v) is 5.52. The van der Waals surface area contributed by atoms with Crippen LogP contribution in [-0.4, -0.2) is 24.0 Å². The van der Waals surface area contributed by atoms with E-state index in [1.54, 1.807) is 30.3 Å². The number of benzene rings is 2. The van der Waals surface area contributed by atoms with Gasteiger partial charge in [0.1, 0.15) is 0 Å². The highest BCUT2D eigenvalue weighted by Gasteiger charge is 2.10. The summed E-state index contributed by atoms with van der Waals surface area (Å²) in [5, 5.41) is 14.8. The molecule has 0 fully saturated rings. The van der Waals surface area contributed by atoms with Crippen molar-refractivity contribution in [2.24, 2.45) is 0 Å². The third kappa shape index (κ3) is 3.42. The van der Waals surface area contributed by atoms with Crippen molar-refractivity contribution in [3.8, 4) is 0 Å². The number of carbonyl (C=O) groups excluding carboxylic acids is 2. The number of pyridine rings is 1. The van der Waals surface area contributed by atoms with Crippen LogP contribution in [0.4, 0.5) is 11.4 Å². The number of methoxy groups -OCH3 is 1. The molecule has 1 aromatic heterocycles. The maximum Gasteiger partial charge on any atom is 0.337 e. The number of aryl methyl sites for hydroxylation is 1. The minimum Gasteiger partial charge on any atom is -0.545 e. The van der Waals surface area contributed by atoms with Crippen LogP contribution in [0.25, 0.3) is 10.9 Å². The monoisotopic (exact) mass is 335 g/mol. The quantitative estimate of drug-likeness (QED) is 0.736. The van der Waals surface area contributed by atoms with Crippen LogP contribution < -0.4 is 10.4 Å². The van der Waals surface area contributed by atoms with Crippen LogP contribution in [0.1, 0.15) is 26.4 Å². The zero-order valence-corrected chi connectivity index (χ0v) is 13.7. The Morgan fingerprint density at radius 2 is 1.72 bits per heavy atom. The van der Waals surface area contributed by atoms with Crippen LogP contribution in [-0.2, 0) is 4.74 Å². The maximum absolute atomic E-state index is 11.8. The van der Waals surface area contributed by atoms with Crippen molar-refractivity contribution < 1.29 is 19.4 Å². The fourth-order valence-corrected chi connectivity index (χ4v) is 2.55. The Hall–Kier alpha value is -3.41. The van der Waals surface area contributed by atoms with Crippen LogP contribution >= 0.6 is 0 Å². The van der Waals surface area contributed by atoms with Gasteiger partial charge in [0.15, 0.2) is 0 Å². The lowest BCUT2D eigenvalue weighted by Crippen LogP contribution is -2.21. The summed E-state index contributed by atoms with van der Waals surface area (Å²) in [6, 6.07) is 13.2. The molecule has 3 rings (SSSR count). The van der Waals surface area contributed by atoms with Crippen molar-refractivity contribution in [3.63, 3.8) is 0 Å². The van der Waals surface area contributed by atoms with Crippen molar-refractivity contribution in [2.75, 3.05) is 12.4 Å². The van der Waals surface area contributed by atoms with E-state index in [4.69, 9.17) is 4.74 Å². The summed E-state index contributed by atoms with van der Waals surface area (Å²) in [5.41, 5.74) is 3.55. The minimum absolute atomic E-state index is 0.106. The molecule has 0 atom stereocenters. The van der Waals surface area contributed by atoms with Crippen molar-refractivity contribution in [3.05, 3.63) is 65.4 Å². The Morgan fingerprint density at radius 3 is 2.36 bits per heavy atom. The summed E-state index contributed by atoms with van der Waals surface area (Å²) in [6.07, 6.45) is 0. The summed E-state index contributed by atoms with van der Waals surface area (Å²) in [4.78, 5) is 27.1. The van der Waals surface area contributed by atoms with E-state index in [9.17, 15) is 14.7 Å². The molecule has 25 heavy (non-hydrogen) atoms. The van der Waals surface area contributed by atoms with Gasteiger partial charge in [0.2, 0.25) is 0 Å². The molecule has 0 unspecified atom stereocenters. The Bertz CT molecular complexity index is 965. The molecule has 2 aromatic carbocycles. The number of carbonyl (C=O) groups is 2. The van der Waals surface area contributed by atoms with E-state index < -0.39 is 11.9 Å². The van der Waals surface area contributed by atoms with E-state index >= 15 is 0 Å². The number of nitrogens with one attached hydrogen (secondary N) is 1. The van der Waals surface area contributed by atoms with E-state index in [0.717, 1.165) is 22.3 Å². The number of anilines is 2. The number of rotatable bonds is 4. The lowest BCUT2D eigenvalue weighted by Gasteiger charge is -2.12. The first-order valence-corrected chi connectivity index (χ1v) is 7.56. The normalized spacial score (nSPS) is 10.5.